The minimum absolute atomic E-state index is 0.253. The molecule has 3 nitrogen and oxygen atoms in total. The maximum absolute atomic E-state index is 11.6. The first-order valence-corrected chi connectivity index (χ1v) is 5.75. The molecule has 0 radical (unpaired) electrons. The molecule has 3 heteroatoms. The topological polar surface area (TPSA) is 29.5 Å². The maximum atomic E-state index is 11.6. The van der Waals surface area contributed by atoms with Crippen LogP contribution in [0.1, 0.15) is 31.1 Å². The van der Waals surface area contributed by atoms with Crippen molar-refractivity contribution in [2.24, 2.45) is 0 Å². The lowest BCUT2D eigenvalue weighted by Crippen LogP contribution is -2.22. The van der Waals surface area contributed by atoms with Gasteiger partial charge in [-0.2, -0.15) is 0 Å². The van der Waals surface area contributed by atoms with Gasteiger partial charge in [0.25, 0.3) is 0 Å². The number of ether oxygens (including phenoxy) is 1. The fourth-order valence-corrected chi connectivity index (χ4v) is 1.63. The van der Waals surface area contributed by atoms with Gasteiger partial charge in [-0.25, -0.2) is 4.79 Å². The number of anilines is 1. The number of carbonyl (C=O) groups is 1. The van der Waals surface area contributed by atoms with E-state index in [1.54, 1.807) is 6.07 Å². The van der Waals surface area contributed by atoms with E-state index in [1.165, 1.54) is 0 Å². The summed E-state index contributed by atoms with van der Waals surface area (Å²) in [5, 5.41) is 0. The molecule has 0 aromatic heterocycles. The molecule has 0 saturated carbocycles. The van der Waals surface area contributed by atoms with Gasteiger partial charge in [0, 0.05) is 18.8 Å². The lowest BCUT2D eigenvalue weighted by atomic mass is 10.2. The third-order valence-electron chi connectivity index (χ3n) is 2.49. The molecule has 0 saturated heterocycles. The van der Waals surface area contributed by atoms with E-state index in [0.717, 1.165) is 18.8 Å². The van der Waals surface area contributed by atoms with Gasteiger partial charge in [-0.05, 0) is 39.0 Å². The molecular formula is C13H19NO2. The molecule has 0 N–H and O–H groups in total. The third kappa shape index (κ3) is 2.99. The molecule has 16 heavy (non-hydrogen) atoms. The van der Waals surface area contributed by atoms with Crippen LogP contribution in [0.25, 0.3) is 0 Å². The molecule has 0 heterocycles. The maximum Gasteiger partial charge on any atom is 0.338 e. The number of esters is 1. The number of nitrogens with zero attached hydrogens (tertiary/aromatic N) is 1. The molecule has 0 atom stereocenters. The fraction of sp³-hybridized carbons (Fsp3) is 0.462. The van der Waals surface area contributed by atoms with Gasteiger partial charge in [0.1, 0.15) is 0 Å². The SMILES string of the molecule is CCOC(=O)c1cccc(N(CC)CC)c1. The average Bonchev–Trinajstić information content (AvgIpc) is 2.31. The van der Waals surface area contributed by atoms with Gasteiger partial charge in [0.15, 0.2) is 0 Å². The van der Waals surface area contributed by atoms with Gasteiger partial charge in [-0.1, -0.05) is 6.07 Å². The lowest BCUT2D eigenvalue weighted by Gasteiger charge is -2.21. The zero-order valence-electron chi connectivity index (χ0n) is 10.2. The first-order valence-electron chi connectivity index (χ1n) is 5.75. The summed E-state index contributed by atoms with van der Waals surface area (Å²) >= 11 is 0. The summed E-state index contributed by atoms with van der Waals surface area (Å²) in [5.41, 5.74) is 1.68. The quantitative estimate of drug-likeness (QED) is 0.716. The lowest BCUT2D eigenvalue weighted by molar-refractivity contribution is 0.0526. The Morgan fingerprint density at radius 3 is 2.50 bits per heavy atom. The molecule has 0 amide bonds. The molecule has 0 unspecified atom stereocenters. The Morgan fingerprint density at radius 2 is 1.94 bits per heavy atom. The van der Waals surface area contributed by atoms with Crippen LogP contribution in [0.15, 0.2) is 24.3 Å². The number of hydrogen-bond donors (Lipinski definition) is 0. The van der Waals surface area contributed by atoms with Crippen molar-refractivity contribution < 1.29 is 9.53 Å². The van der Waals surface area contributed by atoms with Gasteiger partial charge in [-0.3, -0.25) is 0 Å². The Balaban J connectivity index is 2.89. The van der Waals surface area contributed by atoms with E-state index in [1.807, 2.05) is 25.1 Å². The van der Waals surface area contributed by atoms with Crippen molar-refractivity contribution >= 4 is 11.7 Å². The van der Waals surface area contributed by atoms with Crippen LogP contribution in [0.3, 0.4) is 0 Å². The monoisotopic (exact) mass is 221 g/mol. The van der Waals surface area contributed by atoms with E-state index in [4.69, 9.17) is 4.74 Å². The molecule has 1 rings (SSSR count). The molecule has 0 bridgehead atoms. The zero-order valence-corrected chi connectivity index (χ0v) is 10.2. The van der Waals surface area contributed by atoms with Crippen LogP contribution in [-0.2, 0) is 4.74 Å². The summed E-state index contributed by atoms with van der Waals surface area (Å²) in [6.07, 6.45) is 0. The number of rotatable bonds is 5. The van der Waals surface area contributed by atoms with E-state index in [0.29, 0.717) is 12.2 Å². The fourth-order valence-electron chi connectivity index (χ4n) is 1.63. The number of benzene rings is 1. The third-order valence-corrected chi connectivity index (χ3v) is 2.49. The Labute approximate surface area is 97.0 Å². The van der Waals surface area contributed by atoms with Gasteiger partial charge in [0.05, 0.1) is 12.2 Å². The van der Waals surface area contributed by atoms with Crippen LogP contribution in [0.5, 0.6) is 0 Å². The summed E-state index contributed by atoms with van der Waals surface area (Å²) in [6.45, 7) is 8.28. The number of carbonyl (C=O) groups excluding carboxylic acids is 1. The summed E-state index contributed by atoms with van der Waals surface area (Å²) in [4.78, 5) is 13.8. The van der Waals surface area contributed by atoms with E-state index < -0.39 is 0 Å². The van der Waals surface area contributed by atoms with E-state index in [-0.39, 0.29) is 5.97 Å². The molecule has 0 aliphatic carbocycles. The molecule has 88 valence electrons. The van der Waals surface area contributed by atoms with E-state index >= 15 is 0 Å². The van der Waals surface area contributed by atoms with Gasteiger partial charge in [0.2, 0.25) is 0 Å². The van der Waals surface area contributed by atoms with Crippen LogP contribution in [0, 0.1) is 0 Å². The smallest absolute Gasteiger partial charge is 0.338 e. The molecule has 0 aliphatic heterocycles. The van der Waals surface area contributed by atoms with Crippen LogP contribution in [-0.4, -0.2) is 25.7 Å². The largest absolute Gasteiger partial charge is 0.462 e. The second kappa shape index (κ2) is 6.16. The average molecular weight is 221 g/mol. The Kier molecular flexibility index (Phi) is 4.83. The molecular weight excluding hydrogens is 202 g/mol. The van der Waals surface area contributed by atoms with Crippen molar-refractivity contribution in [3.63, 3.8) is 0 Å². The van der Waals surface area contributed by atoms with E-state index in [9.17, 15) is 4.79 Å². The van der Waals surface area contributed by atoms with Crippen molar-refractivity contribution in [2.75, 3.05) is 24.6 Å². The summed E-state index contributed by atoms with van der Waals surface area (Å²) in [5.74, 6) is -0.253. The van der Waals surface area contributed by atoms with Gasteiger partial charge < -0.3 is 9.64 Å². The van der Waals surface area contributed by atoms with Gasteiger partial charge >= 0.3 is 5.97 Å². The first kappa shape index (κ1) is 12.6. The molecule has 0 aliphatic rings. The second-order valence-corrected chi connectivity index (χ2v) is 3.44. The molecule has 0 spiro atoms. The Hall–Kier alpha value is -1.51. The molecule has 0 fully saturated rings. The highest BCUT2D eigenvalue weighted by atomic mass is 16.5. The summed E-state index contributed by atoms with van der Waals surface area (Å²) < 4.78 is 4.97. The van der Waals surface area contributed by atoms with Crippen molar-refractivity contribution in [1.82, 2.24) is 0 Å². The van der Waals surface area contributed by atoms with Crippen molar-refractivity contribution in [2.45, 2.75) is 20.8 Å². The first-order chi connectivity index (χ1) is 7.72. The summed E-state index contributed by atoms with van der Waals surface area (Å²) in [6, 6.07) is 7.56. The highest BCUT2D eigenvalue weighted by Crippen LogP contribution is 2.16. The van der Waals surface area contributed by atoms with Crippen molar-refractivity contribution in [3.8, 4) is 0 Å². The normalized spacial score (nSPS) is 9.94. The predicted octanol–water partition coefficient (Wildman–Crippen LogP) is 2.71. The highest BCUT2D eigenvalue weighted by Gasteiger charge is 2.08. The Morgan fingerprint density at radius 1 is 1.25 bits per heavy atom. The van der Waals surface area contributed by atoms with Crippen molar-refractivity contribution in [3.05, 3.63) is 29.8 Å². The minimum atomic E-state index is -0.253. The summed E-state index contributed by atoms with van der Waals surface area (Å²) in [7, 11) is 0. The van der Waals surface area contributed by atoms with Crippen LogP contribution in [0.4, 0.5) is 5.69 Å². The van der Waals surface area contributed by atoms with Crippen LogP contribution < -0.4 is 4.90 Å². The van der Waals surface area contributed by atoms with Crippen molar-refractivity contribution in [1.29, 1.82) is 0 Å². The van der Waals surface area contributed by atoms with Crippen LogP contribution in [0.2, 0.25) is 0 Å². The molecule has 1 aromatic carbocycles. The highest BCUT2D eigenvalue weighted by molar-refractivity contribution is 5.90. The zero-order chi connectivity index (χ0) is 12.0. The van der Waals surface area contributed by atoms with E-state index in [2.05, 4.69) is 18.7 Å². The minimum Gasteiger partial charge on any atom is -0.462 e. The second-order valence-electron chi connectivity index (χ2n) is 3.44. The predicted molar refractivity (Wildman–Crippen MR) is 66.0 cm³/mol. The number of hydrogen-bond acceptors (Lipinski definition) is 3. The standard InChI is InChI=1S/C13H19NO2/c1-4-14(5-2)12-9-7-8-11(10-12)13(15)16-6-3/h7-10H,4-6H2,1-3H3. The van der Waals surface area contributed by atoms with Crippen LogP contribution >= 0.6 is 0 Å². The van der Waals surface area contributed by atoms with Gasteiger partial charge in [-0.15, -0.1) is 0 Å². The Bertz CT molecular complexity index is 346. The molecule has 1 aromatic rings.